The van der Waals surface area contributed by atoms with Crippen LogP contribution in [0, 0.1) is 0 Å². The van der Waals surface area contributed by atoms with E-state index in [1.54, 1.807) is 0 Å². The van der Waals surface area contributed by atoms with Gasteiger partial charge in [-0.05, 0) is 51.0 Å². The number of carbonyl (C=O) groups excluding carboxylic acids is 2. The molecule has 3 unspecified atom stereocenters. The van der Waals surface area contributed by atoms with Crippen molar-refractivity contribution in [3.8, 4) is 0 Å². The topological polar surface area (TPSA) is 111 Å². The molecule has 0 heterocycles. The van der Waals surface area contributed by atoms with E-state index in [4.69, 9.17) is 13.8 Å². The molecule has 0 aliphatic rings. The van der Waals surface area contributed by atoms with Crippen LogP contribution < -0.4 is 5.32 Å². The zero-order chi connectivity index (χ0) is 57.9. The summed E-state index contributed by atoms with van der Waals surface area (Å²) in [4.78, 5) is 37.8. The van der Waals surface area contributed by atoms with Gasteiger partial charge in [0.1, 0.15) is 19.3 Å². The van der Waals surface area contributed by atoms with E-state index in [1.807, 2.05) is 94.1 Å². The number of nitrogens with zero attached hydrogens (tertiary/aromatic N) is 1. The van der Waals surface area contributed by atoms with E-state index in [1.165, 1.54) is 186 Å². The number of quaternary nitrogens is 1. The molecule has 0 rings (SSSR count). The van der Waals surface area contributed by atoms with Gasteiger partial charge in [0.15, 0.2) is 0 Å². The Morgan fingerprint density at radius 2 is 0.810 bits per heavy atom. The standard InChI is InChI=1S/C69H125N2O7P/c1-7-10-13-16-19-22-25-28-30-32-33-34-35-36-37-39-41-44-47-50-53-56-59-62-69(73)78-67(60-57-54-51-48-45-42-27-24-21-18-15-12-9-3)66(65-77-79(74,75)76-64-63-71(4,5)6)70-68(72)61-58-55-52-49-46-43-40-38-31-29-26-23-20-17-14-11-8-2/h11,14,17,20,23,26,29,31,38,40,43,46,57,60,66-67H,7-10,12-13,15-16,18-19,21-22,24-25,27-28,30,32-37,39,41-42,44-45,47-56,58-59,61-65H2,1-6H3,(H-,70,72,74,75)/p+1/b14-11-,20-17+,26-23+,31-29-,40-38+,46-43+,60-57-. The molecule has 0 aliphatic heterocycles. The number of hydrogen-bond donors (Lipinski definition) is 2. The van der Waals surface area contributed by atoms with E-state index >= 15 is 0 Å². The normalized spacial score (nSPS) is 14.2. The molecule has 0 spiro atoms. The second kappa shape index (κ2) is 58.4. The van der Waals surface area contributed by atoms with Gasteiger partial charge >= 0.3 is 13.8 Å². The third kappa shape index (κ3) is 59.6. The minimum atomic E-state index is -4.47. The highest BCUT2D eigenvalue weighted by atomic mass is 31.2. The number of unbranched alkanes of at least 4 members (excludes halogenated alkanes) is 36. The van der Waals surface area contributed by atoms with Gasteiger partial charge < -0.3 is 19.4 Å². The largest absolute Gasteiger partial charge is 0.472 e. The van der Waals surface area contributed by atoms with Gasteiger partial charge in [-0.15, -0.1) is 0 Å². The Morgan fingerprint density at radius 3 is 1.23 bits per heavy atom. The first kappa shape index (κ1) is 76.2. The number of likely N-dealkylation sites (N-methyl/N-ethyl adjacent to an activating group) is 1. The third-order valence-corrected chi connectivity index (χ3v) is 15.5. The second-order valence-electron chi connectivity index (χ2n) is 23.4. The summed E-state index contributed by atoms with van der Waals surface area (Å²) in [7, 11) is 1.46. The van der Waals surface area contributed by atoms with Crippen molar-refractivity contribution in [1.29, 1.82) is 0 Å². The predicted molar refractivity (Wildman–Crippen MR) is 341 cm³/mol. The highest BCUT2D eigenvalue weighted by Gasteiger charge is 2.30. The van der Waals surface area contributed by atoms with Gasteiger partial charge in [-0.25, -0.2) is 4.57 Å². The molecule has 0 saturated heterocycles. The van der Waals surface area contributed by atoms with Crippen LogP contribution in [0.2, 0.25) is 0 Å². The number of phosphoric ester groups is 1. The van der Waals surface area contributed by atoms with Crippen LogP contribution in [0.1, 0.15) is 290 Å². The number of rotatable bonds is 59. The number of hydrogen-bond acceptors (Lipinski definition) is 6. The summed E-state index contributed by atoms with van der Waals surface area (Å²) in [6.45, 7) is 6.86. The molecule has 0 bridgehead atoms. The Balaban J connectivity index is 5.23. The van der Waals surface area contributed by atoms with Crippen molar-refractivity contribution in [2.24, 2.45) is 0 Å². The third-order valence-electron chi connectivity index (χ3n) is 14.5. The molecule has 10 heteroatoms. The quantitative estimate of drug-likeness (QED) is 0.0156. The molecule has 9 nitrogen and oxygen atoms in total. The van der Waals surface area contributed by atoms with Crippen molar-refractivity contribution in [3.63, 3.8) is 0 Å². The Bertz CT molecular complexity index is 1630. The maximum absolute atomic E-state index is 13.5. The van der Waals surface area contributed by atoms with E-state index in [0.717, 1.165) is 64.2 Å². The summed E-state index contributed by atoms with van der Waals surface area (Å²) in [6, 6.07) is -0.874. The molecule has 0 saturated carbocycles. The summed E-state index contributed by atoms with van der Waals surface area (Å²) in [5, 5.41) is 3.04. The SMILES string of the molecule is CC\C=C/C=C/C=C/C=C\C=C\C=C\CCCCCC(=O)NC(COP(=O)(O)OCC[N+](C)(C)C)C(/C=C\CCCCCCCCCCCCC)OC(=O)CCCCCCCCCCCCCCCCCCCCCCCCC. The van der Waals surface area contributed by atoms with Gasteiger partial charge in [-0.1, -0.05) is 312 Å². The molecule has 458 valence electrons. The average molecular weight is 1130 g/mol. The number of ether oxygens (including phenoxy) is 1. The van der Waals surface area contributed by atoms with Gasteiger partial charge in [0.25, 0.3) is 0 Å². The first-order valence-electron chi connectivity index (χ1n) is 33.0. The molecule has 2 N–H and O–H groups in total. The van der Waals surface area contributed by atoms with Crippen LogP contribution in [-0.4, -0.2) is 74.3 Å². The van der Waals surface area contributed by atoms with Gasteiger partial charge in [0, 0.05) is 12.8 Å². The molecule has 3 atom stereocenters. The summed E-state index contributed by atoms with van der Waals surface area (Å²) in [5.74, 6) is -0.549. The monoisotopic (exact) mass is 1130 g/mol. The zero-order valence-corrected chi connectivity index (χ0v) is 53.2. The number of esters is 1. The molecule has 0 aromatic carbocycles. The molecular formula is C69H126N2O7P+. The lowest BCUT2D eigenvalue weighted by atomic mass is 10.0. The second-order valence-corrected chi connectivity index (χ2v) is 24.9. The van der Waals surface area contributed by atoms with Crippen LogP contribution in [0.4, 0.5) is 0 Å². The van der Waals surface area contributed by atoms with Crippen molar-refractivity contribution in [3.05, 3.63) is 85.1 Å². The van der Waals surface area contributed by atoms with E-state index in [2.05, 4.69) is 38.2 Å². The van der Waals surface area contributed by atoms with Gasteiger partial charge in [-0.2, -0.15) is 0 Å². The highest BCUT2D eigenvalue weighted by Crippen LogP contribution is 2.43. The minimum absolute atomic E-state index is 0.0287. The molecule has 0 aliphatic carbocycles. The fourth-order valence-corrected chi connectivity index (χ4v) is 10.2. The van der Waals surface area contributed by atoms with E-state index in [0.29, 0.717) is 17.4 Å². The molecule has 1 amide bonds. The Labute approximate surface area is 488 Å². The fraction of sp³-hybridized carbons (Fsp3) is 0.768. The molecule has 0 radical (unpaired) electrons. The number of carbonyl (C=O) groups is 2. The Kier molecular flexibility index (Phi) is 56.3. The summed E-state index contributed by atoms with van der Waals surface area (Å²) >= 11 is 0. The van der Waals surface area contributed by atoms with Crippen molar-refractivity contribution in [2.45, 2.75) is 303 Å². The Hall–Kier alpha value is -2.81. The lowest BCUT2D eigenvalue weighted by Crippen LogP contribution is -2.47. The fourth-order valence-electron chi connectivity index (χ4n) is 9.44. The molecular weight excluding hydrogens is 1000 g/mol. The number of allylic oxidation sites excluding steroid dienone is 13. The van der Waals surface area contributed by atoms with Crippen molar-refractivity contribution < 1.29 is 37.3 Å². The minimum Gasteiger partial charge on any atom is -0.456 e. The van der Waals surface area contributed by atoms with Gasteiger partial charge in [-0.3, -0.25) is 18.6 Å². The van der Waals surface area contributed by atoms with Crippen LogP contribution in [0.5, 0.6) is 0 Å². The first-order valence-corrected chi connectivity index (χ1v) is 34.5. The van der Waals surface area contributed by atoms with Crippen molar-refractivity contribution >= 4 is 19.7 Å². The van der Waals surface area contributed by atoms with Crippen LogP contribution >= 0.6 is 7.82 Å². The number of phosphoric acid groups is 1. The van der Waals surface area contributed by atoms with E-state index in [9.17, 15) is 19.0 Å². The molecule has 0 aromatic rings. The summed E-state index contributed by atoms with van der Waals surface area (Å²) in [6.07, 6.45) is 77.4. The maximum Gasteiger partial charge on any atom is 0.472 e. The van der Waals surface area contributed by atoms with Crippen LogP contribution in [0.3, 0.4) is 0 Å². The lowest BCUT2D eigenvalue weighted by Gasteiger charge is -2.27. The zero-order valence-electron chi connectivity index (χ0n) is 52.3. The summed E-state index contributed by atoms with van der Waals surface area (Å²) < 4.78 is 30.7. The number of amides is 1. The summed E-state index contributed by atoms with van der Waals surface area (Å²) in [5.41, 5.74) is 0. The maximum atomic E-state index is 13.5. The van der Waals surface area contributed by atoms with Crippen LogP contribution in [0.15, 0.2) is 85.1 Å². The molecule has 79 heavy (non-hydrogen) atoms. The smallest absolute Gasteiger partial charge is 0.456 e. The highest BCUT2D eigenvalue weighted by molar-refractivity contribution is 7.47. The van der Waals surface area contributed by atoms with E-state index < -0.39 is 20.0 Å². The van der Waals surface area contributed by atoms with Crippen LogP contribution in [0.25, 0.3) is 0 Å². The van der Waals surface area contributed by atoms with Gasteiger partial charge in [0.2, 0.25) is 5.91 Å². The average Bonchev–Trinajstić information content (AvgIpc) is 3.41. The number of nitrogens with one attached hydrogen (secondary N) is 1. The predicted octanol–water partition coefficient (Wildman–Crippen LogP) is 20.6. The van der Waals surface area contributed by atoms with E-state index in [-0.39, 0.29) is 37.9 Å². The van der Waals surface area contributed by atoms with Crippen LogP contribution in [-0.2, 0) is 27.9 Å². The van der Waals surface area contributed by atoms with Crippen molar-refractivity contribution in [2.75, 3.05) is 40.9 Å². The van der Waals surface area contributed by atoms with Gasteiger partial charge in [0.05, 0.1) is 33.8 Å². The van der Waals surface area contributed by atoms with Crippen molar-refractivity contribution in [1.82, 2.24) is 5.32 Å². The molecule has 0 fully saturated rings. The Morgan fingerprint density at radius 1 is 0.456 bits per heavy atom. The molecule has 0 aromatic heterocycles. The first-order chi connectivity index (χ1) is 38.4. The lowest BCUT2D eigenvalue weighted by molar-refractivity contribution is -0.870.